The van der Waals surface area contributed by atoms with Gasteiger partial charge in [0.15, 0.2) is 6.61 Å². The molecule has 0 spiro atoms. The zero-order valence-electron chi connectivity index (χ0n) is 18.2. The Morgan fingerprint density at radius 1 is 1.00 bits per heavy atom. The van der Waals surface area contributed by atoms with Gasteiger partial charge in [-0.05, 0) is 36.8 Å². The number of anilines is 2. The molecule has 1 aliphatic heterocycles. The summed E-state index contributed by atoms with van der Waals surface area (Å²) in [5.41, 5.74) is 1.10. The molecule has 33 heavy (non-hydrogen) atoms. The Bertz CT molecular complexity index is 1060. The van der Waals surface area contributed by atoms with Crippen molar-refractivity contribution in [3.63, 3.8) is 0 Å². The van der Waals surface area contributed by atoms with E-state index in [1.807, 2.05) is 30.3 Å². The molecule has 0 saturated carbocycles. The summed E-state index contributed by atoms with van der Waals surface area (Å²) in [5.74, 6) is 0.131. The lowest BCUT2D eigenvalue weighted by Gasteiger charge is -2.23. The number of nitrogens with zero attached hydrogens (tertiary/aromatic N) is 3. The molecule has 0 unspecified atom stereocenters. The van der Waals surface area contributed by atoms with Crippen molar-refractivity contribution >= 4 is 17.4 Å². The predicted molar refractivity (Wildman–Crippen MR) is 123 cm³/mol. The van der Waals surface area contributed by atoms with Gasteiger partial charge < -0.3 is 15.0 Å². The molecule has 0 bridgehead atoms. The highest BCUT2D eigenvalue weighted by molar-refractivity contribution is 5.91. The first-order valence-electron chi connectivity index (χ1n) is 10.9. The van der Waals surface area contributed by atoms with Gasteiger partial charge in [0.1, 0.15) is 23.2 Å². The van der Waals surface area contributed by atoms with Gasteiger partial charge >= 0.3 is 0 Å². The molecule has 4 rings (SSSR count). The smallest absolute Gasteiger partial charge is 0.262 e. The van der Waals surface area contributed by atoms with Crippen LogP contribution in [0.25, 0.3) is 0 Å². The molecule has 1 aliphatic rings. The standard InChI is InChI=1S/C25H26F2N4O2/c26-20-8-7-19(23(27)15-20)17-30-11-4-12-31(14-13-30)24-10-9-21(16-28-24)29-25(32)18-33-22-5-2-1-3-6-22/h1-3,5-10,15-16H,4,11-14,17-18H2,(H,29,32). The Balaban J connectivity index is 1.27. The molecule has 6 nitrogen and oxygen atoms in total. The molecule has 0 atom stereocenters. The van der Waals surface area contributed by atoms with Crippen molar-refractivity contribution in [2.24, 2.45) is 0 Å². The number of amides is 1. The molecule has 1 amide bonds. The molecule has 1 fully saturated rings. The van der Waals surface area contributed by atoms with Crippen LogP contribution >= 0.6 is 0 Å². The third kappa shape index (κ3) is 6.49. The number of nitrogens with one attached hydrogen (secondary N) is 1. The van der Waals surface area contributed by atoms with E-state index in [1.165, 1.54) is 12.1 Å². The maximum atomic E-state index is 14.0. The average Bonchev–Trinajstić information content (AvgIpc) is 3.06. The van der Waals surface area contributed by atoms with Gasteiger partial charge in [-0.15, -0.1) is 0 Å². The number of halogens is 2. The van der Waals surface area contributed by atoms with Crippen LogP contribution in [0.15, 0.2) is 66.9 Å². The minimum absolute atomic E-state index is 0.0810. The van der Waals surface area contributed by atoms with Crippen molar-refractivity contribution in [1.82, 2.24) is 9.88 Å². The normalized spacial score (nSPS) is 14.5. The van der Waals surface area contributed by atoms with Gasteiger partial charge in [0, 0.05) is 44.4 Å². The zero-order chi connectivity index (χ0) is 23.0. The summed E-state index contributed by atoms with van der Waals surface area (Å²) in [7, 11) is 0. The largest absolute Gasteiger partial charge is 0.484 e. The lowest BCUT2D eigenvalue weighted by Crippen LogP contribution is -2.31. The fourth-order valence-electron chi connectivity index (χ4n) is 3.76. The Hall–Kier alpha value is -3.52. The summed E-state index contributed by atoms with van der Waals surface area (Å²) in [6.07, 6.45) is 2.53. The van der Waals surface area contributed by atoms with E-state index in [2.05, 4.69) is 20.1 Å². The number of hydrogen-bond acceptors (Lipinski definition) is 5. The van der Waals surface area contributed by atoms with E-state index < -0.39 is 11.6 Å². The van der Waals surface area contributed by atoms with Gasteiger partial charge in [0.25, 0.3) is 5.91 Å². The van der Waals surface area contributed by atoms with Crippen molar-refractivity contribution in [1.29, 1.82) is 0 Å². The maximum absolute atomic E-state index is 14.0. The van der Waals surface area contributed by atoms with Gasteiger partial charge in [0.05, 0.1) is 11.9 Å². The Kier molecular flexibility index (Phi) is 7.47. The number of ether oxygens (including phenoxy) is 1. The van der Waals surface area contributed by atoms with Crippen LogP contribution in [0, 0.1) is 11.6 Å². The molecule has 3 aromatic rings. The van der Waals surface area contributed by atoms with E-state index >= 15 is 0 Å². The summed E-state index contributed by atoms with van der Waals surface area (Å²) in [6, 6.07) is 16.6. The molecular weight excluding hydrogens is 426 g/mol. The average molecular weight is 453 g/mol. The van der Waals surface area contributed by atoms with E-state index in [9.17, 15) is 13.6 Å². The van der Waals surface area contributed by atoms with Gasteiger partial charge in [-0.3, -0.25) is 9.69 Å². The fourth-order valence-corrected chi connectivity index (χ4v) is 3.76. The van der Waals surface area contributed by atoms with E-state index in [4.69, 9.17) is 4.74 Å². The summed E-state index contributed by atoms with van der Waals surface area (Å²) in [6.45, 7) is 3.50. The van der Waals surface area contributed by atoms with Gasteiger partial charge in [-0.2, -0.15) is 0 Å². The van der Waals surface area contributed by atoms with Gasteiger partial charge in [-0.25, -0.2) is 13.8 Å². The second kappa shape index (κ2) is 10.9. The van der Waals surface area contributed by atoms with Crippen molar-refractivity contribution in [2.75, 3.05) is 43.0 Å². The monoisotopic (exact) mass is 452 g/mol. The number of aromatic nitrogens is 1. The summed E-state index contributed by atoms with van der Waals surface area (Å²) >= 11 is 0. The molecule has 0 aliphatic carbocycles. The lowest BCUT2D eigenvalue weighted by molar-refractivity contribution is -0.118. The molecule has 1 saturated heterocycles. The molecule has 0 radical (unpaired) electrons. The summed E-state index contributed by atoms with van der Waals surface area (Å²) < 4.78 is 32.6. The Labute approximate surface area is 191 Å². The third-order valence-electron chi connectivity index (χ3n) is 5.47. The zero-order valence-corrected chi connectivity index (χ0v) is 18.2. The fraction of sp³-hybridized carbons (Fsp3) is 0.280. The van der Waals surface area contributed by atoms with Gasteiger partial charge in [0.2, 0.25) is 0 Å². The maximum Gasteiger partial charge on any atom is 0.262 e. The summed E-state index contributed by atoms with van der Waals surface area (Å²) in [4.78, 5) is 21.0. The number of benzene rings is 2. The SMILES string of the molecule is O=C(COc1ccccc1)Nc1ccc(N2CCCN(Cc3ccc(F)cc3F)CC2)nc1. The highest BCUT2D eigenvalue weighted by Crippen LogP contribution is 2.18. The van der Waals surface area contributed by atoms with E-state index in [1.54, 1.807) is 18.3 Å². The van der Waals surface area contributed by atoms with Crippen LogP contribution in [-0.4, -0.2) is 48.6 Å². The number of pyridine rings is 1. The minimum Gasteiger partial charge on any atom is -0.484 e. The van der Waals surface area contributed by atoms with E-state index in [0.717, 1.165) is 44.5 Å². The quantitative estimate of drug-likeness (QED) is 0.585. The van der Waals surface area contributed by atoms with Crippen molar-refractivity contribution in [3.05, 3.63) is 84.1 Å². The van der Waals surface area contributed by atoms with Crippen molar-refractivity contribution in [2.45, 2.75) is 13.0 Å². The number of carbonyl (C=O) groups excluding carboxylic acids is 1. The predicted octanol–water partition coefficient (Wildman–Crippen LogP) is 4.09. The number of rotatable bonds is 7. The molecule has 8 heteroatoms. The van der Waals surface area contributed by atoms with Crippen molar-refractivity contribution < 1.29 is 18.3 Å². The third-order valence-corrected chi connectivity index (χ3v) is 5.47. The highest BCUT2D eigenvalue weighted by atomic mass is 19.1. The van der Waals surface area contributed by atoms with E-state index in [-0.39, 0.29) is 12.5 Å². The molecule has 1 N–H and O–H groups in total. The first-order chi connectivity index (χ1) is 16.1. The second-order valence-corrected chi connectivity index (χ2v) is 7.91. The van der Waals surface area contributed by atoms with Crippen LogP contribution in [0.2, 0.25) is 0 Å². The van der Waals surface area contributed by atoms with E-state index in [0.29, 0.717) is 23.5 Å². The molecule has 1 aromatic heterocycles. The first-order valence-corrected chi connectivity index (χ1v) is 10.9. The minimum atomic E-state index is -0.562. The van der Waals surface area contributed by atoms with Gasteiger partial charge in [-0.1, -0.05) is 24.3 Å². The lowest BCUT2D eigenvalue weighted by atomic mass is 10.2. The summed E-state index contributed by atoms with van der Waals surface area (Å²) in [5, 5.41) is 2.78. The number of hydrogen-bond donors (Lipinski definition) is 1. The van der Waals surface area contributed by atoms with Crippen LogP contribution in [0.5, 0.6) is 5.75 Å². The first kappa shape index (κ1) is 22.7. The molecule has 2 heterocycles. The van der Waals surface area contributed by atoms with Crippen LogP contribution in [0.3, 0.4) is 0 Å². The van der Waals surface area contributed by atoms with Crippen LogP contribution in [0.4, 0.5) is 20.3 Å². The Morgan fingerprint density at radius 3 is 2.61 bits per heavy atom. The van der Waals surface area contributed by atoms with Crippen LogP contribution in [0.1, 0.15) is 12.0 Å². The molecule has 2 aromatic carbocycles. The molecular formula is C25H26F2N4O2. The van der Waals surface area contributed by atoms with Crippen LogP contribution < -0.4 is 15.0 Å². The topological polar surface area (TPSA) is 57.7 Å². The number of carbonyl (C=O) groups is 1. The van der Waals surface area contributed by atoms with Crippen LogP contribution in [-0.2, 0) is 11.3 Å². The molecule has 172 valence electrons. The number of para-hydroxylation sites is 1. The Morgan fingerprint density at radius 2 is 1.85 bits per heavy atom. The second-order valence-electron chi connectivity index (χ2n) is 7.91. The highest BCUT2D eigenvalue weighted by Gasteiger charge is 2.17. The van der Waals surface area contributed by atoms with Crippen molar-refractivity contribution in [3.8, 4) is 5.75 Å².